The van der Waals surface area contributed by atoms with E-state index in [4.69, 9.17) is 4.74 Å². The largest absolute Gasteiger partial charge is 0.492 e. The summed E-state index contributed by atoms with van der Waals surface area (Å²) in [6.45, 7) is 5.24. The molecule has 1 heterocycles. The van der Waals surface area contributed by atoms with Gasteiger partial charge in [-0.25, -0.2) is 0 Å². The van der Waals surface area contributed by atoms with E-state index in [0.29, 0.717) is 12.0 Å². The van der Waals surface area contributed by atoms with Crippen molar-refractivity contribution in [3.63, 3.8) is 0 Å². The predicted molar refractivity (Wildman–Crippen MR) is 59.4 cm³/mol. The topological polar surface area (TPSA) is 47.0 Å². The lowest BCUT2D eigenvalue weighted by atomic mass is 10.2. The van der Waals surface area contributed by atoms with Gasteiger partial charge in [-0.1, -0.05) is 6.07 Å². The Bertz CT molecular complexity index is 525. The molecule has 0 spiro atoms. The molecule has 1 aromatic heterocycles. The summed E-state index contributed by atoms with van der Waals surface area (Å²) in [6, 6.07) is 5.52. The molecule has 0 aliphatic heterocycles. The van der Waals surface area contributed by atoms with E-state index in [2.05, 4.69) is 5.10 Å². The Morgan fingerprint density at radius 3 is 2.87 bits per heavy atom. The molecular weight excluding hydrogens is 192 g/mol. The minimum atomic E-state index is -0.0617. The fourth-order valence-corrected chi connectivity index (χ4v) is 1.73. The van der Waals surface area contributed by atoms with Gasteiger partial charge in [0.15, 0.2) is 0 Å². The lowest BCUT2D eigenvalue weighted by molar-refractivity contribution is 0.342. The molecule has 0 saturated heterocycles. The number of fused-ring (bicyclic) bond motifs is 1. The smallest absolute Gasteiger partial charge is 0.272 e. The van der Waals surface area contributed by atoms with Crippen LogP contribution < -0.4 is 10.3 Å². The number of aryl methyl sites for hydroxylation is 1. The quantitative estimate of drug-likeness (QED) is 0.831. The number of aromatic nitrogens is 2. The zero-order chi connectivity index (χ0) is 10.8. The second-order valence-electron chi connectivity index (χ2n) is 3.27. The van der Waals surface area contributed by atoms with E-state index in [1.54, 1.807) is 0 Å². The van der Waals surface area contributed by atoms with E-state index < -0.39 is 0 Å². The number of H-pyrrole nitrogens is 1. The maximum Gasteiger partial charge on any atom is 0.272 e. The van der Waals surface area contributed by atoms with Gasteiger partial charge in [0.2, 0.25) is 0 Å². The number of hydrogen-bond acceptors (Lipinski definition) is 2. The van der Waals surface area contributed by atoms with Gasteiger partial charge in [0.25, 0.3) is 5.56 Å². The van der Waals surface area contributed by atoms with E-state index in [0.717, 1.165) is 17.8 Å². The molecule has 15 heavy (non-hydrogen) atoms. The van der Waals surface area contributed by atoms with Crippen molar-refractivity contribution in [2.24, 2.45) is 0 Å². The standard InChI is InChI=1S/C11H14N2O2/c1-3-13-10-8(11(14)12-13)6-5-7-9(10)15-4-2/h5-7H,3-4H2,1-2H3,(H,12,14). The number of hydrogen-bond donors (Lipinski definition) is 1. The van der Waals surface area contributed by atoms with Gasteiger partial charge in [0, 0.05) is 6.54 Å². The van der Waals surface area contributed by atoms with Crippen LogP contribution in [-0.4, -0.2) is 16.4 Å². The molecule has 0 atom stereocenters. The van der Waals surface area contributed by atoms with Gasteiger partial charge in [0.05, 0.1) is 12.0 Å². The molecule has 2 aromatic rings. The van der Waals surface area contributed by atoms with Crippen LogP contribution in [0.25, 0.3) is 10.9 Å². The Balaban J connectivity index is 2.76. The first kappa shape index (κ1) is 9.83. The van der Waals surface area contributed by atoms with Crippen molar-refractivity contribution >= 4 is 10.9 Å². The number of benzene rings is 1. The number of aromatic amines is 1. The number of ether oxygens (including phenoxy) is 1. The fourth-order valence-electron chi connectivity index (χ4n) is 1.73. The van der Waals surface area contributed by atoms with Gasteiger partial charge in [-0.2, -0.15) is 0 Å². The van der Waals surface area contributed by atoms with Gasteiger partial charge < -0.3 is 4.74 Å². The fraction of sp³-hybridized carbons (Fsp3) is 0.364. The third-order valence-corrected chi connectivity index (χ3v) is 2.37. The molecule has 4 nitrogen and oxygen atoms in total. The Kier molecular flexibility index (Phi) is 2.49. The van der Waals surface area contributed by atoms with E-state index in [-0.39, 0.29) is 5.56 Å². The van der Waals surface area contributed by atoms with Crippen LogP contribution in [0.15, 0.2) is 23.0 Å². The van der Waals surface area contributed by atoms with Crippen LogP contribution in [0.3, 0.4) is 0 Å². The predicted octanol–water partition coefficient (Wildman–Crippen LogP) is 1.75. The molecule has 0 amide bonds. The van der Waals surface area contributed by atoms with Crippen LogP contribution in [0.2, 0.25) is 0 Å². The van der Waals surface area contributed by atoms with Crippen LogP contribution in [-0.2, 0) is 6.54 Å². The van der Waals surface area contributed by atoms with Crippen molar-refractivity contribution in [2.75, 3.05) is 6.61 Å². The zero-order valence-electron chi connectivity index (χ0n) is 8.91. The average Bonchev–Trinajstić information content (AvgIpc) is 2.58. The summed E-state index contributed by atoms with van der Waals surface area (Å²) >= 11 is 0. The Labute approximate surface area is 87.5 Å². The molecule has 1 aromatic carbocycles. The third-order valence-electron chi connectivity index (χ3n) is 2.37. The first-order valence-corrected chi connectivity index (χ1v) is 5.12. The summed E-state index contributed by atoms with van der Waals surface area (Å²) in [7, 11) is 0. The first-order valence-electron chi connectivity index (χ1n) is 5.12. The minimum absolute atomic E-state index is 0.0617. The molecule has 0 unspecified atom stereocenters. The maximum absolute atomic E-state index is 11.6. The molecule has 2 rings (SSSR count). The van der Waals surface area contributed by atoms with Crippen molar-refractivity contribution in [3.8, 4) is 5.75 Å². The maximum atomic E-state index is 11.6. The van der Waals surface area contributed by atoms with Crippen molar-refractivity contribution in [1.82, 2.24) is 9.78 Å². The van der Waals surface area contributed by atoms with Crippen molar-refractivity contribution in [3.05, 3.63) is 28.6 Å². The Hall–Kier alpha value is -1.71. The molecule has 80 valence electrons. The monoisotopic (exact) mass is 206 g/mol. The molecule has 4 heteroatoms. The third kappa shape index (κ3) is 1.52. The summed E-state index contributed by atoms with van der Waals surface area (Å²) in [4.78, 5) is 11.6. The summed E-state index contributed by atoms with van der Waals surface area (Å²) in [5.74, 6) is 0.759. The summed E-state index contributed by atoms with van der Waals surface area (Å²) < 4.78 is 7.30. The number of nitrogens with zero attached hydrogens (tertiary/aromatic N) is 1. The van der Waals surface area contributed by atoms with Crippen LogP contribution in [0.5, 0.6) is 5.75 Å². The van der Waals surface area contributed by atoms with Crippen molar-refractivity contribution < 1.29 is 4.74 Å². The van der Waals surface area contributed by atoms with Crippen LogP contribution >= 0.6 is 0 Å². The van der Waals surface area contributed by atoms with Crippen LogP contribution in [0, 0.1) is 0 Å². The van der Waals surface area contributed by atoms with Crippen molar-refractivity contribution in [1.29, 1.82) is 0 Å². The van der Waals surface area contributed by atoms with Crippen LogP contribution in [0.1, 0.15) is 13.8 Å². The highest BCUT2D eigenvalue weighted by Gasteiger charge is 2.09. The molecule has 0 radical (unpaired) electrons. The molecule has 0 aliphatic carbocycles. The van der Waals surface area contributed by atoms with E-state index in [1.165, 1.54) is 0 Å². The molecular formula is C11H14N2O2. The SMILES string of the molecule is CCOc1cccc2c(=O)[nH]n(CC)c12. The lowest BCUT2D eigenvalue weighted by Gasteiger charge is -2.06. The molecule has 0 fully saturated rings. The molecule has 0 bridgehead atoms. The van der Waals surface area contributed by atoms with Gasteiger partial charge >= 0.3 is 0 Å². The van der Waals surface area contributed by atoms with E-state index in [9.17, 15) is 4.79 Å². The first-order chi connectivity index (χ1) is 7.27. The van der Waals surface area contributed by atoms with E-state index in [1.807, 2.05) is 36.7 Å². The summed E-state index contributed by atoms with van der Waals surface area (Å²) in [5.41, 5.74) is 0.792. The second-order valence-corrected chi connectivity index (χ2v) is 3.27. The van der Waals surface area contributed by atoms with Crippen molar-refractivity contribution in [2.45, 2.75) is 20.4 Å². The van der Waals surface area contributed by atoms with Gasteiger partial charge in [-0.05, 0) is 26.0 Å². The second kappa shape index (κ2) is 3.81. The average molecular weight is 206 g/mol. The lowest BCUT2D eigenvalue weighted by Crippen LogP contribution is -2.04. The van der Waals surface area contributed by atoms with Gasteiger partial charge in [0.1, 0.15) is 11.3 Å². The molecule has 1 N–H and O–H groups in total. The normalized spacial score (nSPS) is 10.8. The zero-order valence-corrected chi connectivity index (χ0v) is 8.91. The molecule has 0 aliphatic rings. The number of nitrogens with one attached hydrogen (secondary N) is 1. The summed E-state index contributed by atoms with van der Waals surface area (Å²) in [6.07, 6.45) is 0. The number of para-hydroxylation sites is 1. The number of rotatable bonds is 3. The Morgan fingerprint density at radius 2 is 2.20 bits per heavy atom. The highest BCUT2D eigenvalue weighted by atomic mass is 16.5. The minimum Gasteiger partial charge on any atom is -0.492 e. The Morgan fingerprint density at radius 1 is 1.40 bits per heavy atom. The highest BCUT2D eigenvalue weighted by molar-refractivity contribution is 5.84. The van der Waals surface area contributed by atoms with Gasteiger partial charge in [-0.3, -0.25) is 14.6 Å². The molecule has 0 saturated carbocycles. The van der Waals surface area contributed by atoms with Gasteiger partial charge in [-0.15, -0.1) is 0 Å². The van der Waals surface area contributed by atoms with E-state index >= 15 is 0 Å². The summed E-state index contributed by atoms with van der Waals surface area (Å²) in [5, 5.41) is 3.47. The van der Waals surface area contributed by atoms with Crippen LogP contribution in [0.4, 0.5) is 0 Å². The highest BCUT2D eigenvalue weighted by Crippen LogP contribution is 2.22.